The summed E-state index contributed by atoms with van der Waals surface area (Å²) < 4.78 is 9.97. The maximum Gasteiger partial charge on any atom is 0.341 e. The number of hydrogen-bond donors (Lipinski definition) is 3. The second-order valence-corrected chi connectivity index (χ2v) is 4.49. The zero-order valence-corrected chi connectivity index (χ0v) is 12.1. The molecule has 0 aliphatic carbocycles. The predicted octanol–water partition coefficient (Wildman–Crippen LogP) is 1.70. The van der Waals surface area contributed by atoms with Gasteiger partial charge in [-0.3, -0.25) is 0 Å². The Kier molecular flexibility index (Phi) is 7.03. The third-order valence-corrected chi connectivity index (χ3v) is 2.59. The molecule has 0 saturated heterocycles. The van der Waals surface area contributed by atoms with Crippen LogP contribution in [0.4, 0.5) is 10.5 Å². The van der Waals surface area contributed by atoms with Gasteiger partial charge in [0.1, 0.15) is 5.75 Å². The average Bonchev–Trinajstić information content (AvgIpc) is 2.43. The van der Waals surface area contributed by atoms with Gasteiger partial charge < -0.3 is 25.2 Å². The minimum atomic E-state index is -1.06. The summed E-state index contributed by atoms with van der Waals surface area (Å²) in [5.74, 6) is -0.680. The number of urea groups is 1. The largest absolute Gasteiger partial charge is 0.482 e. The lowest BCUT2D eigenvalue weighted by Gasteiger charge is -2.14. The van der Waals surface area contributed by atoms with Crippen LogP contribution in [0, 0.1) is 0 Å². The van der Waals surface area contributed by atoms with Gasteiger partial charge in [0.2, 0.25) is 0 Å². The number of benzene rings is 1. The lowest BCUT2D eigenvalue weighted by atomic mass is 10.2. The van der Waals surface area contributed by atoms with E-state index < -0.39 is 12.6 Å². The molecular weight excluding hydrogens is 276 g/mol. The fourth-order valence-corrected chi connectivity index (χ4v) is 1.57. The topological polar surface area (TPSA) is 96.9 Å². The summed E-state index contributed by atoms with van der Waals surface area (Å²) in [5.41, 5.74) is 0.523. The van der Waals surface area contributed by atoms with Crippen LogP contribution in [0.25, 0.3) is 0 Å². The first-order valence-electron chi connectivity index (χ1n) is 6.52. The van der Waals surface area contributed by atoms with E-state index in [0.29, 0.717) is 24.5 Å². The highest BCUT2D eigenvalue weighted by molar-refractivity contribution is 5.89. The van der Waals surface area contributed by atoms with Crippen LogP contribution in [0.5, 0.6) is 5.75 Å². The number of carboxylic acids is 1. The number of carboxylic acid groups (broad SMARTS) is 1. The van der Waals surface area contributed by atoms with E-state index in [1.165, 1.54) is 0 Å². The van der Waals surface area contributed by atoms with Gasteiger partial charge in [0, 0.05) is 31.5 Å². The van der Waals surface area contributed by atoms with Crippen molar-refractivity contribution in [3.63, 3.8) is 0 Å². The van der Waals surface area contributed by atoms with Gasteiger partial charge in [-0.25, -0.2) is 9.59 Å². The molecule has 0 radical (unpaired) electrons. The van der Waals surface area contributed by atoms with E-state index in [2.05, 4.69) is 10.6 Å². The molecule has 1 unspecified atom stereocenters. The molecule has 0 aliphatic heterocycles. The van der Waals surface area contributed by atoms with Crippen molar-refractivity contribution in [1.82, 2.24) is 5.32 Å². The molecule has 0 aromatic heterocycles. The van der Waals surface area contributed by atoms with Crippen molar-refractivity contribution < 1.29 is 24.2 Å². The number of aliphatic carboxylic acids is 1. The Balaban J connectivity index is 2.48. The number of amides is 2. The van der Waals surface area contributed by atoms with Crippen molar-refractivity contribution in [1.29, 1.82) is 0 Å². The second-order valence-electron chi connectivity index (χ2n) is 4.49. The van der Waals surface area contributed by atoms with Gasteiger partial charge >= 0.3 is 12.0 Å². The van der Waals surface area contributed by atoms with Gasteiger partial charge in [-0.1, -0.05) is 6.07 Å². The van der Waals surface area contributed by atoms with E-state index in [1.54, 1.807) is 31.4 Å². The molecule has 1 atom stereocenters. The lowest BCUT2D eigenvalue weighted by molar-refractivity contribution is -0.139. The quantitative estimate of drug-likeness (QED) is 0.678. The minimum Gasteiger partial charge on any atom is -0.482 e. The van der Waals surface area contributed by atoms with Gasteiger partial charge in [-0.2, -0.15) is 0 Å². The number of anilines is 1. The molecule has 7 nitrogen and oxygen atoms in total. The molecule has 7 heteroatoms. The summed E-state index contributed by atoms with van der Waals surface area (Å²) in [6.45, 7) is 2.02. The zero-order valence-electron chi connectivity index (χ0n) is 12.1. The molecule has 116 valence electrons. The Labute approximate surface area is 123 Å². The lowest BCUT2D eigenvalue weighted by Crippen LogP contribution is -2.36. The van der Waals surface area contributed by atoms with E-state index in [-0.39, 0.29) is 12.1 Å². The van der Waals surface area contributed by atoms with Crippen LogP contribution in [-0.2, 0) is 9.53 Å². The predicted molar refractivity (Wildman–Crippen MR) is 77.7 cm³/mol. The van der Waals surface area contributed by atoms with Crippen LogP contribution >= 0.6 is 0 Å². The van der Waals surface area contributed by atoms with E-state index in [1.807, 2.05) is 6.92 Å². The molecule has 0 saturated carbocycles. The smallest absolute Gasteiger partial charge is 0.341 e. The van der Waals surface area contributed by atoms with E-state index in [0.717, 1.165) is 0 Å². The molecule has 3 N–H and O–H groups in total. The summed E-state index contributed by atoms with van der Waals surface area (Å²) in [6, 6.07) is 6.18. The Morgan fingerprint density at radius 3 is 2.81 bits per heavy atom. The van der Waals surface area contributed by atoms with Gasteiger partial charge in [0.05, 0.1) is 0 Å². The van der Waals surface area contributed by atoms with E-state index >= 15 is 0 Å². The standard InChI is InChI=1S/C14H20N2O5/c1-10(6-7-20-2)15-14(19)16-11-4-3-5-12(8-11)21-9-13(17)18/h3-5,8,10H,6-7,9H2,1-2H3,(H,17,18)(H2,15,16,19). The number of methoxy groups -OCH3 is 1. The van der Waals surface area contributed by atoms with Gasteiger partial charge in [-0.15, -0.1) is 0 Å². The van der Waals surface area contributed by atoms with Crippen LogP contribution in [-0.4, -0.2) is 43.5 Å². The molecule has 1 rings (SSSR count). The first kappa shape index (κ1) is 16.8. The molecule has 21 heavy (non-hydrogen) atoms. The normalized spacial score (nSPS) is 11.5. The van der Waals surface area contributed by atoms with E-state index in [9.17, 15) is 9.59 Å². The van der Waals surface area contributed by atoms with Crippen molar-refractivity contribution in [3.05, 3.63) is 24.3 Å². The Morgan fingerprint density at radius 2 is 2.14 bits per heavy atom. The van der Waals surface area contributed by atoms with Gasteiger partial charge in [-0.05, 0) is 25.5 Å². The molecule has 0 fully saturated rings. The molecule has 2 amide bonds. The number of carbonyl (C=O) groups is 2. The Hall–Kier alpha value is -2.28. The van der Waals surface area contributed by atoms with Crippen LogP contribution in [0.1, 0.15) is 13.3 Å². The number of nitrogens with one attached hydrogen (secondary N) is 2. The monoisotopic (exact) mass is 296 g/mol. The van der Waals surface area contributed by atoms with E-state index in [4.69, 9.17) is 14.6 Å². The van der Waals surface area contributed by atoms with Crippen LogP contribution < -0.4 is 15.4 Å². The first-order chi connectivity index (χ1) is 10.0. The van der Waals surface area contributed by atoms with Crippen LogP contribution in [0.3, 0.4) is 0 Å². The number of carbonyl (C=O) groups excluding carboxylic acids is 1. The summed E-state index contributed by atoms with van der Waals surface area (Å²) in [4.78, 5) is 22.2. The summed E-state index contributed by atoms with van der Waals surface area (Å²) in [5, 5.41) is 14.0. The van der Waals surface area contributed by atoms with Gasteiger partial charge in [0.15, 0.2) is 6.61 Å². The maximum absolute atomic E-state index is 11.8. The summed E-state index contributed by atoms with van der Waals surface area (Å²) >= 11 is 0. The third kappa shape index (κ3) is 7.17. The maximum atomic E-state index is 11.8. The highest BCUT2D eigenvalue weighted by atomic mass is 16.5. The fourth-order valence-electron chi connectivity index (χ4n) is 1.57. The molecular formula is C14H20N2O5. The van der Waals surface area contributed by atoms with Crippen LogP contribution in [0.2, 0.25) is 0 Å². The Morgan fingerprint density at radius 1 is 1.38 bits per heavy atom. The summed E-state index contributed by atoms with van der Waals surface area (Å²) in [7, 11) is 1.61. The molecule has 0 aliphatic rings. The zero-order chi connectivity index (χ0) is 15.7. The minimum absolute atomic E-state index is 0.0172. The van der Waals surface area contributed by atoms with Crippen molar-refractivity contribution in [2.75, 3.05) is 25.6 Å². The highest BCUT2D eigenvalue weighted by Crippen LogP contribution is 2.17. The van der Waals surface area contributed by atoms with Crippen molar-refractivity contribution in [3.8, 4) is 5.75 Å². The molecule has 1 aromatic rings. The SMILES string of the molecule is COCCC(C)NC(=O)Nc1cccc(OCC(=O)O)c1. The number of hydrogen-bond acceptors (Lipinski definition) is 4. The number of rotatable bonds is 8. The third-order valence-electron chi connectivity index (χ3n) is 2.59. The van der Waals surface area contributed by atoms with Crippen LogP contribution in [0.15, 0.2) is 24.3 Å². The highest BCUT2D eigenvalue weighted by Gasteiger charge is 2.08. The Bertz CT molecular complexity index is 478. The molecule has 0 heterocycles. The molecule has 0 bridgehead atoms. The second kappa shape index (κ2) is 8.80. The molecule has 1 aromatic carbocycles. The van der Waals surface area contributed by atoms with Crippen molar-refractivity contribution in [2.45, 2.75) is 19.4 Å². The number of ether oxygens (including phenoxy) is 2. The summed E-state index contributed by atoms with van der Waals surface area (Å²) in [6.07, 6.45) is 0.714. The van der Waals surface area contributed by atoms with Crippen molar-refractivity contribution >= 4 is 17.7 Å². The average molecular weight is 296 g/mol. The first-order valence-corrected chi connectivity index (χ1v) is 6.52. The fraction of sp³-hybridized carbons (Fsp3) is 0.429. The molecule has 0 spiro atoms. The van der Waals surface area contributed by atoms with Crippen molar-refractivity contribution in [2.24, 2.45) is 0 Å². The van der Waals surface area contributed by atoms with Gasteiger partial charge in [0.25, 0.3) is 0 Å².